The Bertz CT molecular complexity index is 690. The zero-order valence-corrected chi connectivity index (χ0v) is 13.5. The molecule has 0 bridgehead atoms. The van der Waals surface area contributed by atoms with E-state index in [2.05, 4.69) is 17.0 Å². The second-order valence-electron chi connectivity index (χ2n) is 5.73. The second kappa shape index (κ2) is 6.46. The highest BCUT2D eigenvalue weighted by molar-refractivity contribution is 5.96. The van der Waals surface area contributed by atoms with Gasteiger partial charge in [-0.05, 0) is 41.8 Å². The maximum atomic E-state index is 11.9. The Kier molecular flexibility index (Phi) is 4.39. The Morgan fingerprint density at radius 2 is 2.22 bits per heavy atom. The molecule has 1 aromatic carbocycles. The third kappa shape index (κ3) is 3.10. The van der Waals surface area contributed by atoms with Crippen LogP contribution >= 0.6 is 0 Å². The van der Waals surface area contributed by atoms with E-state index >= 15 is 0 Å². The molecule has 1 heterocycles. The molecule has 0 unspecified atom stereocenters. The summed E-state index contributed by atoms with van der Waals surface area (Å²) in [5, 5.41) is 9.93. The lowest BCUT2D eigenvalue weighted by molar-refractivity contribution is -0.139. The van der Waals surface area contributed by atoms with E-state index in [1.165, 1.54) is 16.7 Å². The van der Waals surface area contributed by atoms with Gasteiger partial charge in [-0.3, -0.25) is 4.90 Å². The SMILES string of the molecule is CCOC(=O)C1=C(O)CCN(CC2=Cc3cc(OC)ccc32)C1. The summed E-state index contributed by atoms with van der Waals surface area (Å²) < 4.78 is 10.2. The Morgan fingerprint density at radius 1 is 1.39 bits per heavy atom. The minimum atomic E-state index is -0.414. The molecule has 0 atom stereocenters. The van der Waals surface area contributed by atoms with Crippen molar-refractivity contribution < 1.29 is 19.4 Å². The number of esters is 1. The van der Waals surface area contributed by atoms with Gasteiger partial charge in [-0.2, -0.15) is 0 Å². The van der Waals surface area contributed by atoms with Gasteiger partial charge in [-0.1, -0.05) is 6.07 Å². The van der Waals surface area contributed by atoms with Crippen LogP contribution in [0.5, 0.6) is 5.75 Å². The van der Waals surface area contributed by atoms with Crippen LogP contribution < -0.4 is 4.74 Å². The Balaban J connectivity index is 1.65. The molecule has 5 heteroatoms. The number of carbonyl (C=O) groups excluding carboxylic acids is 1. The third-order valence-electron chi connectivity index (χ3n) is 4.25. The van der Waals surface area contributed by atoms with Crippen LogP contribution in [-0.2, 0) is 9.53 Å². The minimum Gasteiger partial charge on any atom is -0.512 e. The summed E-state index contributed by atoms with van der Waals surface area (Å²) >= 11 is 0. The van der Waals surface area contributed by atoms with E-state index in [1.807, 2.05) is 12.1 Å². The number of benzene rings is 1. The standard InChI is InChI=1S/C18H21NO4/c1-3-23-18(21)16-11-19(7-6-17(16)20)10-13-8-12-9-14(22-2)4-5-15(12)13/h4-5,8-9,20H,3,6-7,10-11H2,1-2H3. The van der Waals surface area contributed by atoms with Gasteiger partial charge >= 0.3 is 5.97 Å². The van der Waals surface area contributed by atoms with Gasteiger partial charge in [0.25, 0.3) is 0 Å². The molecule has 0 fully saturated rings. The van der Waals surface area contributed by atoms with Crippen molar-refractivity contribution in [3.63, 3.8) is 0 Å². The maximum Gasteiger partial charge on any atom is 0.338 e. The number of aliphatic hydroxyl groups excluding tert-OH is 1. The number of aliphatic hydroxyl groups is 1. The summed E-state index contributed by atoms with van der Waals surface area (Å²) in [6.07, 6.45) is 2.62. The predicted molar refractivity (Wildman–Crippen MR) is 88.2 cm³/mol. The zero-order chi connectivity index (χ0) is 16.4. The number of methoxy groups -OCH3 is 1. The Labute approximate surface area is 135 Å². The largest absolute Gasteiger partial charge is 0.512 e. The fraction of sp³-hybridized carbons (Fsp3) is 0.389. The van der Waals surface area contributed by atoms with E-state index in [9.17, 15) is 9.90 Å². The van der Waals surface area contributed by atoms with Crippen LogP contribution in [0, 0.1) is 0 Å². The average Bonchev–Trinajstić information content (AvgIpc) is 2.53. The van der Waals surface area contributed by atoms with Gasteiger partial charge in [0.2, 0.25) is 0 Å². The van der Waals surface area contributed by atoms with Gasteiger partial charge in [0.15, 0.2) is 0 Å². The van der Waals surface area contributed by atoms with Crippen molar-refractivity contribution in [2.24, 2.45) is 0 Å². The van der Waals surface area contributed by atoms with Crippen LogP contribution in [0.1, 0.15) is 24.5 Å². The number of carbonyl (C=O) groups is 1. The molecule has 0 aromatic heterocycles. The van der Waals surface area contributed by atoms with Gasteiger partial charge in [-0.25, -0.2) is 4.79 Å². The second-order valence-corrected chi connectivity index (χ2v) is 5.73. The fourth-order valence-electron chi connectivity index (χ4n) is 2.98. The van der Waals surface area contributed by atoms with E-state index in [-0.39, 0.29) is 5.76 Å². The van der Waals surface area contributed by atoms with E-state index in [0.717, 1.165) is 18.8 Å². The Morgan fingerprint density at radius 3 is 2.91 bits per heavy atom. The van der Waals surface area contributed by atoms with Crippen molar-refractivity contribution in [2.75, 3.05) is 33.4 Å². The van der Waals surface area contributed by atoms with Gasteiger partial charge in [0.1, 0.15) is 11.5 Å². The normalized spacial score (nSPS) is 17.2. The van der Waals surface area contributed by atoms with Crippen LogP contribution in [0.4, 0.5) is 0 Å². The van der Waals surface area contributed by atoms with Gasteiger partial charge < -0.3 is 14.6 Å². The van der Waals surface area contributed by atoms with Crippen molar-refractivity contribution in [1.82, 2.24) is 4.90 Å². The van der Waals surface area contributed by atoms with E-state index in [4.69, 9.17) is 9.47 Å². The number of rotatable bonds is 5. The molecule has 0 spiro atoms. The lowest BCUT2D eigenvalue weighted by atomic mass is 9.87. The summed E-state index contributed by atoms with van der Waals surface area (Å²) in [6, 6.07) is 6.04. The van der Waals surface area contributed by atoms with Crippen molar-refractivity contribution in [2.45, 2.75) is 13.3 Å². The first-order chi connectivity index (χ1) is 11.1. The molecule has 1 N–H and O–H groups in total. The molecule has 5 nitrogen and oxygen atoms in total. The average molecular weight is 315 g/mol. The van der Waals surface area contributed by atoms with E-state index < -0.39 is 5.97 Å². The molecule has 23 heavy (non-hydrogen) atoms. The minimum absolute atomic E-state index is 0.160. The highest BCUT2D eigenvalue weighted by Crippen LogP contribution is 2.36. The van der Waals surface area contributed by atoms with Crippen LogP contribution in [0.2, 0.25) is 0 Å². The number of nitrogens with zero attached hydrogens (tertiary/aromatic N) is 1. The van der Waals surface area contributed by atoms with E-state index in [1.54, 1.807) is 14.0 Å². The molecule has 3 rings (SSSR count). The topological polar surface area (TPSA) is 59.0 Å². The van der Waals surface area contributed by atoms with E-state index in [0.29, 0.717) is 25.1 Å². The zero-order valence-electron chi connectivity index (χ0n) is 13.5. The van der Waals surface area contributed by atoms with Crippen LogP contribution in [0.25, 0.3) is 11.6 Å². The molecule has 1 aliphatic carbocycles. The van der Waals surface area contributed by atoms with Crippen molar-refractivity contribution in [1.29, 1.82) is 0 Å². The summed E-state index contributed by atoms with van der Waals surface area (Å²) in [5.74, 6) is 0.601. The van der Waals surface area contributed by atoms with Crippen LogP contribution in [0.15, 0.2) is 29.5 Å². The van der Waals surface area contributed by atoms with Crippen LogP contribution in [0.3, 0.4) is 0 Å². The van der Waals surface area contributed by atoms with Crippen LogP contribution in [-0.4, -0.2) is 49.3 Å². The summed E-state index contributed by atoms with van der Waals surface area (Å²) in [5.41, 5.74) is 4.03. The summed E-state index contributed by atoms with van der Waals surface area (Å²) in [4.78, 5) is 14.1. The molecular formula is C18H21NO4. The van der Waals surface area contributed by atoms with Gasteiger partial charge in [-0.15, -0.1) is 0 Å². The number of hydrogen-bond acceptors (Lipinski definition) is 5. The summed E-state index contributed by atoms with van der Waals surface area (Å²) in [7, 11) is 1.66. The van der Waals surface area contributed by atoms with Gasteiger partial charge in [0, 0.05) is 26.1 Å². The molecular weight excluding hydrogens is 294 g/mol. The fourth-order valence-corrected chi connectivity index (χ4v) is 2.98. The third-order valence-corrected chi connectivity index (χ3v) is 4.25. The number of fused-ring (bicyclic) bond motifs is 1. The first-order valence-electron chi connectivity index (χ1n) is 7.81. The number of hydrogen-bond donors (Lipinski definition) is 1. The smallest absolute Gasteiger partial charge is 0.338 e. The number of ether oxygens (including phenoxy) is 2. The lowest BCUT2D eigenvalue weighted by Crippen LogP contribution is -2.36. The van der Waals surface area contributed by atoms with Gasteiger partial charge in [0.05, 0.1) is 19.3 Å². The molecule has 1 aliphatic heterocycles. The molecule has 0 radical (unpaired) electrons. The highest BCUT2D eigenvalue weighted by atomic mass is 16.5. The summed E-state index contributed by atoms with van der Waals surface area (Å²) in [6.45, 7) is 4.00. The first-order valence-corrected chi connectivity index (χ1v) is 7.81. The molecule has 0 amide bonds. The first kappa shape index (κ1) is 15.6. The lowest BCUT2D eigenvalue weighted by Gasteiger charge is -2.31. The molecule has 0 saturated carbocycles. The van der Waals surface area contributed by atoms with Crippen molar-refractivity contribution >= 4 is 17.6 Å². The molecule has 122 valence electrons. The quantitative estimate of drug-likeness (QED) is 0.847. The maximum absolute atomic E-state index is 11.9. The molecule has 1 aromatic rings. The monoisotopic (exact) mass is 315 g/mol. The predicted octanol–water partition coefficient (Wildman–Crippen LogP) is 2.63. The van der Waals surface area contributed by atoms with Crippen molar-refractivity contribution in [3.8, 4) is 5.75 Å². The van der Waals surface area contributed by atoms with Crippen molar-refractivity contribution in [3.05, 3.63) is 40.7 Å². The Hall–Kier alpha value is -2.27. The molecule has 2 aliphatic rings. The molecule has 0 saturated heterocycles. The highest BCUT2D eigenvalue weighted by Gasteiger charge is 2.27.